The maximum Gasteiger partial charge on any atom is 0.0257 e. The Morgan fingerprint density at radius 3 is 1.87 bits per heavy atom. The molecular weight excluding hydrogens is 200 g/mol. The van der Waals surface area contributed by atoms with Gasteiger partial charge in [-0.1, -0.05) is 51.7 Å². The summed E-state index contributed by atoms with van der Waals surface area (Å²) < 4.78 is 0. The van der Waals surface area contributed by atoms with Crippen molar-refractivity contribution >= 4 is 11.8 Å². The van der Waals surface area contributed by atoms with E-state index in [4.69, 9.17) is 0 Å². The molecule has 0 fully saturated rings. The van der Waals surface area contributed by atoms with Crippen LogP contribution in [0.15, 0.2) is 11.6 Å². The van der Waals surface area contributed by atoms with E-state index < -0.39 is 0 Å². The number of rotatable bonds is 7. The first-order valence-corrected chi connectivity index (χ1v) is 7.57. The van der Waals surface area contributed by atoms with Crippen LogP contribution >= 0.6 is 11.8 Å². The lowest BCUT2D eigenvalue weighted by atomic mass is 9.83. The van der Waals surface area contributed by atoms with Crippen molar-refractivity contribution in [1.29, 1.82) is 0 Å². The average Bonchev–Trinajstić information content (AvgIpc) is 2.22. The summed E-state index contributed by atoms with van der Waals surface area (Å²) in [5, 5.41) is 0.713. The van der Waals surface area contributed by atoms with E-state index in [9.17, 15) is 0 Å². The molecule has 0 saturated carbocycles. The highest BCUT2D eigenvalue weighted by atomic mass is 32.2. The van der Waals surface area contributed by atoms with Crippen molar-refractivity contribution in [1.82, 2.24) is 0 Å². The van der Waals surface area contributed by atoms with Gasteiger partial charge in [0.05, 0.1) is 0 Å². The van der Waals surface area contributed by atoms with E-state index in [-0.39, 0.29) is 0 Å². The van der Waals surface area contributed by atoms with E-state index >= 15 is 0 Å². The summed E-state index contributed by atoms with van der Waals surface area (Å²) in [4.78, 5) is 0. The summed E-state index contributed by atoms with van der Waals surface area (Å²) in [5.41, 5.74) is 1.46. The van der Waals surface area contributed by atoms with Crippen LogP contribution in [0.2, 0.25) is 0 Å². The van der Waals surface area contributed by atoms with Crippen molar-refractivity contribution in [3.05, 3.63) is 11.6 Å². The Bertz CT molecular complexity index is 176. The van der Waals surface area contributed by atoms with Crippen molar-refractivity contribution in [2.24, 2.45) is 11.8 Å². The van der Waals surface area contributed by atoms with Gasteiger partial charge in [-0.15, -0.1) is 0 Å². The Hall–Kier alpha value is 0.0900. The van der Waals surface area contributed by atoms with E-state index in [0.29, 0.717) is 5.25 Å². The summed E-state index contributed by atoms with van der Waals surface area (Å²) in [5.74, 6) is 1.74. The van der Waals surface area contributed by atoms with Gasteiger partial charge in [0.15, 0.2) is 0 Å². The fraction of sp³-hybridized carbons (Fsp3) is 0.857. The molecule has 90 valence electrons. The number of hydrogen-bond acceptors (Lipinski definition) is 1. The van der Waals surface area contributed by atoms with Crippen LogP contribution in [0.3, 0.4) is 0 Å². The van der Waals surface area contributed by atoms with Crippen LogP contribution in [-0.2, 0) is 0 Å². The molecule has 0 radical (unpaired) electrons. The summed E-state index contributed by atoms with van der Waals surface area (Å²) in [7, 11) is 0. The largest absolute Gasteiger partial charge is 0.158 e. The number of hydrogen-bond donors (Lipinski definition) is 0. The van der Waals surface area contributed by atoms with Crippen LogP contribution in [-0.4, -0.2) is 11.5 Å². The maximum atomic E-state index is 2.46. The Morgan fingerprint density at radius 1 is 1.07 bits per heavy atom. The quantitative estimate of drug-likeness (QED) is 0.543. The van der Waals surface area contributed by atoms with Crippen LogP contribution in [0.5, 0.6) is 0 Å². The Balaban J connectivity index is 4.66. The minimum Gasteiger partial charge on any atom is -0.158 e. The summed E-state index contributed by atoms with van der Waals surface area (Å²) in [6.45, 7) is 11.4. The number of thioether (sulfide) groups is 1. The second-order valence-corrected chi connectivity index (χ2v) is 5.61. The molecule has 0 aromatic heterocycles. The van der Waals surface area contributed by atoms with E-state index in [1.165, 1.54) is 24.8 Å². The predicted octanol–water partition coefficient (Wildman–Crippen LogP) is 5.15. The zero-order valence-corrected chi connectivity index (χ0v) is 12.2. The third-order valence-electron chi connectivity index (χ3n) is 3.32. The molecule has 0 aliphatic carbocycles. The third kappa shape index (κ3) is 5.10. The van der Waals surface area contributed by atoms with Crippen molar-refractivity contribution in [2.75, 3.05) is 6.26 Å². The van der Waals surface area contributed by atoms with E-state index in [0.717, 1.165) is 11.8 Å². The lowest BCUT2D eigenvalue weighted by Crippen LogP contribution is -2.23. The molecule has 15 heavy (non-hydrogen) atoms. The lowest BCUT2D eigenvalue weighted by molar-refractivity contribution is 0.312. The molecule has 0 aromatic rings. The highest BCUT2D eigenvalue weighted by molar-refractivity contribution is 7.99. The van der Waals surface area contributed by atoms with Gasteiger partial charge in [0.1, 0.15) is 0 Å². The maximum absolute atomic E-state index is 2.46. The van der Waals surface area contributed by atoms with Gasteiger partial charge in [0, 0.05) is 5.25 Å². The summed E-state index contributed by atoms with van der Waals surface area (Å²) in [6, 6.07) is 0. The molecule has 0 amide bonds. The van der Waals surface area contributed by atoms with Gasteiger partial charge in [0.25, 0.3) is 0 Å². The molecule has 0 bridgehead atoms. The molecule has 0 rings (SSSR count). The first-order valence-electron chi connectivity index (χ1n) is 6.28. The zero-order valence-electron chi connectivity index (χ0n) is 11.3. The lowest BCUT2D eigenvalue weighted by Gasteiger charge is -2.29. The molecule has 1 heteroatoms. The van der Waals surface area contributed by atoms with Crippen LogP contribution in [0.25, 0.3) is 0 Å². The molecule has 0 aliphatic rings. The smallest absolute Gasteiger partial charge is 0.0257 e. The Kier molecular flexibility index (Phi) is 8.32. The first-order chi connectivity index (χ1) is 7.10. The molecular formula is C14H28S. The van der Waals surface area contributed by atoms with E-state index in [1.807, 2.05) is 11.8 Å². The standard InChI is InChI=1S/C14H28S/c1-7-12(8-2)13(9-3)14(15-6)10-11(4)5/h10,12-14H,7-9H2,1-6H3/t13?,14-/m1/s1. The minimum atomic E-state index is 0.713. The normalized spacial score (nSPS) is 15.1. The molecule has 0 N–H and O–H groups in total. The van der Waals surface area contributed by atoms with Crippen LogP contribution in [0, 0.1) is 11.8 Å². The van der Waals surface area contributed by atoms with Gasteiger partial charge < -0.3 is 0 Å². The van der Waals surface area contributed by atoms with Gasteiger partial charge >= 0.3 is 0 Å². The van der Waals surface area contributed by atoms with Gasteiger partial charge in [-0.3, -0.25) is 0 Å². The van der Waals surface area contributed by atoms with Crippen molar-refractivity contribution in [3.63, 3.8) is 0 Å². The fourth-order valence-corrected chi connectivity index (χ4v) is 3.60. The first kappa shape index (κ1) is 15.1. The molecule has 0 aliphatic heterocycles. The topological polar surface area (TPSA) is 0 Å². The monoisotopic (exact) mass is 228 g/mol. The van der Waals surface area contributed by atoms with Crippen LogP contribution in [0.1, 0.15) is 53.9 Å². The summed E-state index contributed by atoms with van der Waals surface area (Å²) >= 11 is 2.01. The van der Waals surface area contributed by atoms with E-state index in [1.54, 1.807) is 0 Å². The second-order valence-electron chi connectivity index (χ2n) is 4.59. The van der Waals surface area contributed by atoms with Crippen LogP contribution in [0.4, 0.5) is 0 Å². The highest BCUT2D eigenvalue weighted by Crippen LogP contribution is 2.32. The molecule has 0 nitrogen and oxygen atoms in total. The fourth-order valence-electron chi connectivity index (χ4n) is 2.42. The minimum absolute atomic E-state index is 0.713. The van der Waals surface area contributed by atoms with Crippen molar-refractivity contribution in [2.45, 2.75) is 59.1 Å². The predicted molar refractivity (Wildman–Crippen MR) is 74.6 cm³/mol. The molecule has 2 atom stereocenters. The Labute approximate surface area is 101 Å². The van der Waals surface area contributed by atoms with Gasteiger partial charge in [-0.25, -0.2) is 0 Å². The van der Waals surface area contributed by atoms with Gasteiger partial charge in [0.2, 0.25) is 0 Å². The molecule has 1 unspecified atom stereocenters. The van der Waals surface area contributed by atoms with Gasteiger partial charge in [-0.05, 0) is 31.9 Å². The Morgan fingerprint density at radius 2 is 1.60 bits per heavy atom. The molecule has 0 aromatic carbocycles. The zero-order chi connectivity index (χ0) is 11.8. The average molecular weight is 228 g/mol. The SMILES string of the molecule is CCC(CC)C(CC)[C@@H](C=C(C)C)SC. The third-order valence-corrected chi connectivity index (χ3v) is 4.35. The van der Waals surface area contributed by atoms with Crippen molar-refractivity contribution < 1.29 is 0 Å². The van der Waals surface area contributed by atoms with E-state index in [2.05, 4.69) is 47.0 Å². The van der Waals surface area contributed by atoms with Gasteiger partial charge in [-0.2, -0.15) is 11.8 Å². The van der Waals surface area contributed by atoms with Crippen molar-refractivity contribution in [3.8, 4) is 0 Å². The molecule has 0 heterocycles. The second kappa shape index (κ2) is 8.27. The number of allylic oxidation sites excluding steroid dienone is 1. The molecule has 0 saturated heterocycles. The highest BCUT2D eigenvalue weighted by Gasteiger charge is 2.23. The van der Waals surface area contributed by atoms with Crippen LogP contribution < -0.4 is 0 Å². The molecule has 0 spiro atoms. The summed E-state index contributed by atoms with van der Waals surface area (Å²) in [6.07, 6.45) is 8.65.